The summed E-state index contributed by atoms with van der Waals surface area (Å²) in [5.74, 6) is 0.864. The van der Waals surface area contributed by atoms with Crippen LogP contribution < -0.4 is 10.1 Å². The molecule has 0 heterocycles. The Balaban J connectivity index is 1.78. The van der Waals surface area contributed by atoms with E-state index in [4.69, 9.17) is 27.9 Å². The van der Waals surface area contributed by atoms with E-state index < -0.39 is 0 Å². The number of ether oxygens (including phenoxy) is 1. The van der Waals surface area contributed by atoms with Gasteiger partial charge in [-0.25, -0.2) is 0 Å². The molecule has 0 saturated heterocycles. The summed E-state index contributed by atoms with van der Waals surface area (Å²) in [6, 6.07) is 15.1. The second-order valence-electron chi connectivity index (χ2n) is 3.75. The predicted molar refractivity (Wildman–Crippen MR) is 76.9 cm³/mol. The standard InChI is InChI=1S/C14H13Cl2NO/c15-11-8-12(16)10-13(9-11)17-6-7-18-14-4-2-1-3-5-14/h1-5,8-10,17H,6-7H2. The van der Waals surface area contributed by atoms with Crippen molar-refractivity contribution in [2.45, 2.75) is 0 Å². The minimum Gasteiger partial charge on any atom is -0.492 e. The summed E-state index contributed by atoms with van der Waals surface area (Å²) >= 11 is 11.8. The summed E-state index contributed by atoms with van der Waals surface area (Å²) in [5, 5.41) is 4.44. The van der Waals surface area contributed by atoms with Crippen molar-refractivity contribution in [3.8, 4) is 5.75 Å². The van der Waals surface area contributed by atoms with Gasteiger partial charge in [0, 0.05) is 22.3 Å². The fourth-order valence-electron chi connectivity index (χ4n) is 1.54. The van der Waals surface area contributed by atoms with E-state index in [0.29, 0.717) is 23.2 Å². The van der Waals surface area contributed by atoms with Crippen LogP contribution in [0.3, 0.4) is 0 Å². The second kappa shape index (κ2) is 6.53. The van der Waals surface area contributed by atoms with E-state index in [-0.39, 0.29) is 0 Å². The Labute approximate surface area is 116 Å². The monoisotopic (exact) mass is 281 g/mol. The molecule has 0 spiro atoms. The molecule has 0 aromatic heterocycles. The Morgan fingerprint density at radius 2 is 1.61 bits per heavy atom. The van der Waals surface area contributed by atoms with E-state index >= 15 is 0 Å². The molecule has 1 N–H and O–H groups in total. The van der Waals surface area contributed by atoms with Crippen LogP contribution in [0.5, 0.6) is 5.75 Å². The Morgan fingerprint density at radius 3 is 2.28 bits per heavy atom. The maximum absolute atomic E-state index is 5.90. The zero-order valence-corrected chi connectivity index (χ0v) is 11.2. The van der Waals surface area contributed by atoms with Crippen molar-refractivity contribution in [2.75, 3.05) is 18.5 Å². The van der Waals surface area contributed by atoms with Crippen molar-refractivity contribution in [1.29, 1.82) is 0 Å². The van der Waals surface area contributed by atoms with Gasteiger partial charge < -0.3 is 10.1 Å². The Hall–Kier alpha value is -1.38. The highest BCUT2D eigenvalue weighted by Gasteiger charge is 1.97. The molecule has 4 heteroatoms. The average Bonchev–Trinajstić information content (AvgIpc) is 2.35. The van der Waals surface area contributed by atoms with Crippen LogP contribution in [0.2, 0.25) is 10.0 Å². The number of anilines is 1. The Morgan fingerprint density at radius 1 is 0.944 bits per heavy atom. The maximum atomic E-state index is 5.90. The van der Waals surface area contributed by atoms with E-state index in [0.717, 1.165) is 11.4 Å². The van der Waals surface area contributed by atoms with E-state index in [2.05, 4.69) is 5.32 Å². The minimum absolute atomic E-state index is 0.578. The summed E-state index contributed by atoms with van der Waals surface area (Å²) in [6.07, 6.45) is 0. The van der Waals surface area contributed by atoms with E-state index in [1.807, 2.05) is 42.5 Å². The van der Waals surface area contributed by atoms with Gasteiger partial charge in [0.2, 0.25) is 0 Å². The zero-order valence-electron chi connectivity index (χ0n) is 9.70. The predicted octanol–water partition coefficient (Wildman–Crippen LogP) is 4.48. The third kappa shape index (κ3) is 4.13. The highest BCUT2D eigenvalue weighted by Crippen LogP contribution is 2.22. The van der Waals surface area contributed by atoms with Gasteiger partial charge in [0.15, 0.2) is 0 Å². The van der Waals surface area contributed by atoms with Crippen molar-refractivity contribution in [3.63, 3.8) is 0 Å². The van der Waals surface area contributed by atoms with Gasteiger partial charge in [-0.3, -0.25) is 0 Å². The average molecular weight is 282 g/mol. The summed E-state index contributed by atoms with van der Waals surface area (Å²) in [7, 11) is 0. The van der Waals surface area contributed by atoms with Crippen LogP contribution in [-0.4, -0.2) is 13.2 Å². The van der Waals surface area contributed by atoms with Crippen LogP contribution in [0, 0.1) is 0 Å². The third-order valence-corrected chi connectivity index (χ3v) is 2.74. The van der Waals surface area contributed by atoms with Crippen LogP contribution in [0.1, 0.15) is 0 Å². The molecule has 2 nitrogen and oxygen atoms in total. The molecule has 0 unspecified atom stereocenters. The van der Waals surface area contributed by atoms with Gasteiger partial charge in [-0.15, -0.1) is 0 Å². The lowest BCUT2D eigenvalue weighted by molar-refractivity contribution is 0.333. The molecule has 18 heavy (non-hydrogen) atoms. The molecule has 0 saturated carbocycles. The van der Waals surface area contributed by atoms with Gasteiger partial charge in [-0.1, -0.05) is 41.4 Å². The Kier molecular flexibility index (Phi) is 4.73. The van der Waals surface area contributed by atoms with Crippen molar-refractivity contribution in [1.82, 2.24) is 0 Å². The summed E-state index contributed by atoms with van der Waals surface area (Å²) in [4.78, 5) is 0. The molecule has 0 radical (unpaired) electrons. The van der Waals surface area contributed by atoms with E-state index in [9.17, 15) is 0 Å². The molecule has 0 atom stereocenters. The second-order valence-corrected chi connectivity index (χ2v) is 4.62. The van der Waals surface area contributed by atoms with Crippen LogP contribution in [0.15, 0.2) is 48.5 Å². The van der Waals surface area contributed by atoms with Gasteiger partial charge in [0.25, 0.3) is 0 Å². The molecule has 2 aromatic rings. The highest BCUT2D eigenvalue weighted by atomic mass is 35.5. The summed E-state index contributed by atoms with van der Waals surface area (Å²) in [5.41, 5.74) is 0.893. The van der Waals surface area contributed by atoms with Crippen LogP contribution in [0.25, 0.3) is 0 Å². The normalized spacial score (nSPS) is 10.1. The minimum atomic E-state index is 0.578. The molecule has 0 amide bonds. The molecule has 0 fully saturated rings. The zero-order chi connectivity index (χ0) is 12.8. The number of para-hydroxylation sites is 1. The Bertz CT molecular complexity index is 482. The van der Waals surface area contributed by atoms with Crippen molar-refractivity contribution < 1.29 is 4.74 Å². The molecule has 0 aliphatic rings. The van der Waals surface area contributed by atoms with Crippen molar-refractivity contribution in [2.24, 2.45) is 0 Å². The number of halogens is 2. The third-order valence-electron chi connectivity index (χ3n) is 2.31. The molecular formula is C14H13Cl2NO. The first-order valence-electron chi connectivity index (χ1n) is 5.62. The van der Waals surface area contributed by atoms with Crippen LogP contribution in [0.4, 0.5) is 5.69 Å². The number of nitrogens with one attached hydrogen (secondary N) is 1. The van der Waals surface area contributed by atoms with Gasteiger partial charge in [-0.2, -0.15) is 0 Å². The first-order chi connectivity index (χ1) is 8.74. The van der Waals surface area contributed by atoms with Crippen LogP contribution >= 0.6 is 23.2 Å². The lowest BCUT2D eigenvalue weighted by atomic mass is 10.3. The maximum Gasteiger partial charge on any atom is 0.119 e. The number of rotatable bonds is 5. The summed E-state index contributed by atoms with van der Waals surface area (Å²) in [6.45, 7) is 1.26. The number of hydrogen-bond donors (Lipinski definition) is 1. The van der Waals surface area contributed by atoms with Crippen LogP contribution in [-0.2, 0) is 0 Å². The fourth-order valence-corrected chi connectivity index (χ4v) is 2.06. The highest BCUT2D eigenvalue weighted by molar-refractivity contribution is 6.35. The molecule has 0 bridgehead atoms. The first-order valence-corrected chi connectivity index (χ1v) is 6.37. The molecule has 0 aliphatic heterocycles. The topological polar surface area (TPSA) is 21.3 Å². The van der Waals surface area contributed by atoms with Crippen molar-refractivity contribution >= 4 is 28.9 Å². The van der Waals surface area contributed by atoms with E-state index in [1.165, 1.54) is 0 Å². The van der Waals surface area contributed by atoms with Gasteiger partial charge in [0.05, 0.1) is 0 Å². The van der Waals surface area contributed by atoms with Gasteiger partial charge in [0.1, 0.15) is 12.4 Å². The lowest BCUT2D eigenvalue weighted by Gasteiger charge is -2.09. The fraction of sp³-hybridized carbons (Fsp3) is 0.143. The SMILES string of the molecule is Clc1cc(Cl)cc(NCCOc2ccccc2)c1. The van der Waals surface area contributed by atoms with E-state index in [1.54, 1.807) is 6.07 Å². The summed E-state index contributed by atoms with van der Waals surface area (Å²) < 4.78 is 5.56. The van der Waals surface area contributed by atoms with Gasteiger partial charge in [-0.05, 0) is 30.3 Å². The van der Waals surface area contributed by atoms with Gasteiger partial charge >= 0.3 is 0 Å². The largest absolute Gasteiger partial charge is 0.492 e. The molecule has 94 valence electrons. The smallest absolute Gasteiger partial charge is 0.119 e. The molecule has 2 rings (SSSR count). The molecular weight excluding hydrogens is 269 g/mol. The lowest BCUT2D eigenvalue weighted by Crippen LogP contribution is -2.11. The first kappa shape index (κ1) is 13.1. The molecule has 2 aromatic carbocycles. The quantitative estimate of drug-likeness (QED) is 0.816. The molecule has 0 aliphatic carbocycles. The number of hydrogen-bond acceptors (Lipinski definition) is 2. The van der Waals surface area contributed by atoms with Crippen molar-refractivity contribution in [3.05, 3.63) is 58.6 Å². The number of benzene rings is 2.